The van der Waals surface area contributed by atoms with Crippen LogP contribution in [0.4, 0.5) is 11.4 Å². The van der Waals surface area contributed by atoms with Gasteiger partial charge in [0.15, 0.2) is 35.2 Å². The number of hydrogen-bond acceptors (Lipinski definition) is 12. The van der Waals surface area contributed by atoms with E-state index in [1.807, 2.05) is 60.7 Å². The van der Waals surface area contributed by atoms with Crippen molar-refractivity contribution in [1.29, 1.82) is 0 Å². The van der Waals surface area contributed by atoms with E-state index < -0.39 is 9.85 Å². The van der Waals surface area contributed by atoms with E-state index >= 15 is 0 Å². The average Bonchev–Trinajstić information content (AvgIpc) is 3.18. The van der Waals surface area contributed by atoms with Crippen LogP contribution in [0.25, 0.3) is 0 Å². The van der Waals surface area contributed by atoms with Crippen molar-refractivity contribution in [2.24, 2.45) is 0 Å². The van der Waals surface area contributed by atoms with E-state index in [-0.39, 0.29) is 35.3 Å². The summed E-state index contributed by atoms with van der Waals surface area (Å²) in [5, 5.41) is 22.1. The molecular weight excluding hydrogens is 672 g/mol. The van der Waals surface area contributed by atoms with Crippen LogP contribution in [0.2, 0.25) is 0 Å². The lowest BCUT2D eigenvalue weighted by atomic mass is 10.1. The number of nitro groups is 2. The molecule has 14 heteroatoms. The predicted octanol–water partition coefficient (Wildman–Crippen LogP) is 8.59. The molecule has 8 rings (SSSR count). The molecule has 14 nitrogen and oxygen atoms in total. The van der Waals surface area contributed by atoms with Gasteiger partial charge in [-0.3, -0.25) is 20.2 Å². The fourth-order valence-corrected chi connectivity index (χ4v) is 5.32. The number of rotatable bonds is 8. The van der Waals surface area contributed by atoms with Gasteiger partial charge in [-0.2, -0.15) is 0 Å². The molecule has 52 heavy (non-hydrogen) atoms. The van der Waals surface area contributed by atoms with Gasteiger partial charge in [0.05, 0.1) is 9.85 Å². The molecule has 0 saturated heterocycles. The summed E-state index contributed by atoms with van der Waals surface area (Å²) in [6.45, 7) is 0.731. The fourth-order valence-electron chi connectivity index (χ4n) is 5.32. The van der Waals surface area contributed by atoms with Crippen LogP contribution in [0.15, 0.2) is 134 Å². The second kappa shape index (κ2) is 15.1. The molecule has 0 aliphatic carbocycles. The quantitative estimate of drug-likeness (QED) is 0.110. The van der Waals surface area contributed by atoms with Crippen LogP contribution in [-0.2, 0) is 0 Å². The van der Waals surface area contributed by atoms with Gasteiger partial charge in [-0.1, -0.05) is 60.7 Å². The molecule has 0 N–H and O–H groups in total. The first-order chi connectivity index (χ1) is 25.4. The van der Waals surface area contributed by atoms with Gasteiger partial charge in [0.1, 0.15) is 24.7 Å². The lowest BCUT2D eigenvalue weighted by Gasteiger charge is -2.27. The lowest BCUT2D eigenvalue weighted by molar-refractivity contribution is -0.386. The molecule has 4 heterocycles. The van der Waals surface area contributed by atoms with Crippen molar-refractivity contribution in [1.82, 2.24) is 9.97 Å². The molecule has 2 unspecified atom stereocenters. The Kier molecular flexibility index (Phi) is 9.68. The van der Waals surface area contributed by atoms with Crippen LogP contribution >= 0.6 is 0 Å². The third-order valence-electron chi connectivity index (χ3n) is 7.82. The molecule has 0 fully saturated rings. The summed E-state index contributed by atoms with van der Waals surface area (Å²) in [4.78, 5) is 28.9. The summed E-state index contributed by atoms with van der Waals surface area (Å²) >= 11 is 0. The summed E-state index contributed by atoms with van der Waals surface area (Å²) in [6.07, 6.45) is 2.50. The standard InChI is InChI=1S/2C19H14N2O5/c2*22-21(23)15-7-4-10-20-19(15)25-14-8-9-16-17(11-14)24-12-18(26-16)13-5-2-1-3-6-13/h2*1-11,18H,12H2. The molecule has 260 valence electrons. The highest BCUT2D eigenvalue weighted by molar-refractivity contribution is 5.51. The van der Waals surface area contributed by atoms with Crippen LogP contribution in [0.3, 0.4) is 0 Å². The smallest absolute Gasteiger partial charge is 0.331 e. The van der Waals surface area contributed by atoms with Crippen molar-refractivity contribution in [3.8, 4) is 46.3 Å². The molecule has 0 saturated carbocycles. The lowest BCUT2D eigenvalue weighted by Crippen LogP contribution is -2.21. The highest BCUT2D eigenvalue weighted by Crippen LogP contribution is 2.42. The Bertz CT molecular complexity index is 2050. The van der Waals surface area contributed by atoms with Crippen molar-refractivity contribution < 1.29 is 38.3 Å². The maximum atomic E-state index is 11.1. The molecule has 2 atom stereocenters. The van der Waals surface area contributed by atoms with Gasteiger partial charge >= 0.3 is 11.4 Å². The molecule has 2 aliphatic heterocycles. The van der Waals surface area contributed by atoms with E-state index in [0.717, 1.165) is 11.1 Å². The van der Waals surface area contributed by atoms with E-state index in [1.165, 1.54) is 36.7 Å². The van der Waals surface area contributed by atoms with Crippen LogP contribution in [-0.4, -0.2) is 33.0 Å². The first-order valence-electron chi connectivity index (χ1n) is 15.9. The summed E-state index contributed by atoms with van der Waals surface area (Å²) in [5.74, 6) is 2.84. The first kappa shape index (κ1) is 33.3. The number of aromatic nitrogens is 2. The second-order valence-corrected chi connectivity index (χ2v) is 11.2. The number of nitrogens with zero attached hydrogens (tertiary/aromatic N) is 4. The Hall–Kier alpha value is -7.22. The summed E-state index contributed by atoms with van der Waals surface area (Å²) in [6, 6.07) is 35.3. The highest BCUT2D eigenvalue weighted by atomic mass is 16.6. The Balaban J connectivity index is 0.000000162. The number of ether oxygens (including phenoxy) is 6. The molecule has 0 bridgehead atoms. The zero-order valence-corrected chi connectivity index (χ0v) is 27.1. The molecule has 2 aliphatic rings. The van der Waals surface area contributed by atoms with E-state index in [2.05, 4.69) is 9.97 Å². The number of benzene rings is 4. The molecule has 0 spiro atoms. The average molecular weight is 701 g/mol. The third-order valence-corrected chi connectivity index (χ3v) is 7.82. The van der Waals surface area contributed by atoms with Crippen molar-refractivity contribution >= 4 is 11.4 Å². The van der Waals surface area contributed by atoms with E-state index in [9.17, 15) is 20.2 Å². The number of pyridine rings is 2. The van der Waals surface area contributed by atoms with E-state index in [4.69, 9.17) is 28.4 Å². The minimum Gasteiger partial charge on any atom is -0.485 e. The van der Waals surface area contributed by atoms with Crippen molar-refractivity contribution in [3.05, 3.63) is 165 Å². The van der Waals surface area contributed by atoms with Gasteiger partial charge < -0.3 is 28.4 Å². The zero-order chi connectivity index (χ0) is 35.9. The molecule has 6 aromatic rings. The van der Waals surface area contributed by atoms with Crippen LogP contribution in [0, 0.1) is 20.2 Å². The summed E-state index contributed by atoms with van der Waals surface area (Å²) in [7, 11) is 0. The molecule has 4 aromatic carbocycles. The molecular formula is C38H28N4O10. The number of hydrogen-bond donors (Lipinski definition) is 0. The van der Waals surface area contributed by atoms with Crippen molar-refractivity contribution in [2.75, 3.05) is 13.2 Å². The molecule has 2 aromatic heterocycles. The third kappa shape index (κ3) is 7.65. The highest BCUT2D eigenvalue weighted by Gasteiger charge is 2.25. The summed E-state index contributed by atoms with van der Waals surface area (Å²) in [5.41, 5.74) is 1.66. The minimum absolute atomic E-state index is 0.0728. The van der Waals surface area contributed by atoms with Gasteiger partial charge in [0.2, 0.25) is 0 Å². The summed E-state index contributed by atoms with van der Waals surface area (Å²) < 4.78 is 34.7. The first-order valence-corrected chi connectivity index (χ1v) is 15.9. The van der Waals surface area contributed by atoms with Crippen LogP contribution in [0.5, 0.6) is 46.3 Å². The van der Waals surface area contributed by atoms with Gasteiger partial charge in [0, 0.05) is 36.7 Å². The maximum Gasteiger partial charge on any atom is 0.331 e. The maximum absolute atomic E-state index is 11.1. The normalized spacial score (nSPS) is 15.3. The van der Waals surface area contributed by atoms with Gasteiger partial charge in [-0.05, 0) is 47.5 Å². The Morgan fingerprint density at radius 3 is 1.37 bits per heavy atom. The van der Waals surface area contributed by atoms with Gasteiger partial charge in [0.25, 0.3) is 11.8 Å². The predicted molar refractivity (Wildman–Crippen MR) is 185 cm³/mol. The Morgan fingerprint density at radius 2 is 0.962 bits per heavy atom. The van der Waals surface area contributed by atoms with E-state index in [1.54, 1.807) is 36.4 Å². The van der Waals surface area contributed by atoms with E-state index in [0.29, 0.717) is 47.7 Å². The van der Waals surface area contributed by atoms with Gasteiger partial charge in [-0.15, -0.1) is 0 Å². The van der Waals surface area contributed by atoms with Crippen molar-refractivity contribution in [3.63, 3.8) is 0 Å². The van der Waals surface area contributed by atoms with Gasteiger partial charge in [-0.25, -0.2) is 9.97 Å². The largest absolute Gasteiger partial charge is 0.485 e. The molecule has 0 amide bonds. The zero-order valence-electron chi connectivity index (χ0n) is 27.1. The Labute approximate surface area is 296 Å². The van der Waals surface area contributed by atoms with Crippen LogP contribution < -0.4 is 28.4 Å². The van der Waals surface area contributed by atoms with Crippen LogP contribution in [0.1, 0.15) is 23.3 Å². The second-order valence-electron chi connectivity index (χ2n) is 11.2. The topological polar surface area (TPSA) is 167 Å². The minimum atomic E-state index is -0.537. The number of fused-ring (bicyclic) bond motifs is 2. The molecule has 0 radical (unpaired) electrons. The van der Waals surface area contributed by atoms with Crippen molar-refractivity contribution in [2.45, 2.75) is 12.2 Å². The SMILES string of the molecule is O=[N+]([O-])c1cccnc1Oc1ccc2c(c1)OCC(c1ccccc1)O2.O=[N+]([O-])c1cccnc1Oc1ccc2c(c1)OCC(c1ccccc1)O2. The Morgan fingerprint density at radius 1 is 0.538 bits per heavy atom. The fraction of sp³-hybridized carbons (Fsp3) is 0.105. The monoisotopic (exact) mass is 700 g/mol.